The number of carbonyl (C=O) groups is 2. The molecular formula is C20H24N6O3. The molecule has 0 spiro atoms. The highest BCUT2D eigenvalue weighted by molar-refractivity contribution is 6.04. The van der Waals surface area contributed by atoms with E-state index in [0.717, 1.165) is 11.1 Å². The molecule has 0 aliphatic carbocycles. The van der Waals surface area contributed by atoms with Crippen molar-refractivity contribution in [2.75, 3.05) is 13.7 Å². The van der Waals surface area contributed by atoms with Gasteiger partial charge in [-0.05, 0) is 25.0 Å². The molecule has 1 unspecified atom stereocenters. The molecule has 2 heterocycles. The van der Waals surface area contributed by atoms with Gasteiger partial charge in [-0.3, -0.25) is 9.69 Å². The minimum Gasteiger partial charge on any atom is -0.383 e. The van der Waals surface area contributed by atoms with Gasteiger partial charge < -0.3 is 10.1 Å². The predicted octanol–water partition coefficient (Wildman–Crippen LogP) is 1.39. The third-order valence-electron chi connectivity index (χ3n) is 4.93. The number of rotatable bonds is 8. The van der Waals surface area contributed by atoms with Crippen LogP contribution < -0.4 is 5.32 Å². The number of aromatic nitrogens is 3. The number of urea groups is 1. The lowest BCUT2D eigenvalue weighted by Gasteiger charge is -2.22. The van der Waals surface area contributed by atoms with Crippen LogP contribution in [0.4, 0.5) is 4.79 Å². The van der Waals surface area contributed by atoms with Gasteiger partial charge in [-0.1, -0.05) is 29.5 Å². The largest absolute Gasteiger partial charge is 0.383 e. The van der Waals surface area contributed by atoms with E-state index >= 15 is 0 Å². The standard InChI is InChI=1S/C20H24N6O3/c1-20(2,13-21)16-7-5-4-6-14(16)11-26-18(27)17(22-19(26)28)10-15-12-25(24-23-15)8-9-29-3/h4-7,12,17H,8-11H2,1-3H3,(H,22,28). The van der Waals surface area contributed by atoms with Gasteiger partial charge in [-0.25, -0.2) is 9.48 Å². The average Bonchev–Trinajstić information content (AvgIpc) is 3.26. The summed E-state index contributed by atoms with van der Waals surface area (Å²) in [5.41, 5.74) is 1.46. The van der Waals surface area contributed by atoms with Crippen molar-refractivity contribution in [3.8, 4) is 6.07 Å². The number of hydrogen-bond donors (Lipinski definition) is 1. The van der Waals surface area contributed by atoms with E-state index in [2.05, 4.69) is 21.7 Å². The van der Waals surface area contributed by atoms with E-state index in [1.807, 2.05) is 38.1 Å². The van der Waals surface area contributed by atoms with Gasteiger partial charge in [-0.15, -0.1) is 5.10 Å². The number of benzene rings is 1. The van der Waals surface area contributed by atoms with Gasteiger partial charge in [0.1, 0.15) is 6.04 Å². The summed E-state index contributed by atoms with van der Waals surface area (Å²) < 4.78 is 6.64. The third-order valence-corrected chi connectivity index (χ3v) is 4.93. The zero-order valence-electron chi connectivity index (χ0n) is 16.8. The highest BCUT2D eigenvalue weighted by Gasteiger charge is 2.39. The van der Waals surface area contributed by atoms with Crippen molar-refractivity contribution in [3.05, 3.63) is 47.3 Å². The highest BCUT2D eigenvalue weighted by Crippen LogP contribution is 2.27. The maximum absolute atomic E-state index is 12.8. The maximum Gasteiger partial charge on any atom is 0.325 e. The SMILES string of the molecule is COCCn1cc(CC2NC(=O)N(Cc3ccccc3C(C)(C)C#N)C2=O)nn1. The first-order valence-corrected chi connectivity index (χ1v) is 9.35. The van der Waals surface area contributed by atoms with E-state index in [1.165, 1.54) is 4.90 Å². The maximum atomic E-state index is 12.8. The van der Waals surface area contributed by atoms with E-state index in [9.17, 15) is 14.9 Å². The van der Waals surface area contributed by atoms with Gasteiger partial charge >= 0.3 is 6.03 Å². The molecule has 1 aliphatic rings. The van der Waals surface area contributed by atoms with Gasteiger partial charge in [-0.2, -0.15) is 5.26 Å². The number of nitriles is 1. The van der Waals surface area contributed by atoms with Crippen LogP contribution in [0.3, 0.4) is 0 Å². The molecule has 1 aliphatic heterocycles. The third kappa shape index (κ3) is 4.43. The lowest BCUT2D eigenvalue weighted by molar-refractivity contribution is -0.127. The predicted molar refractivity (Wildman–Crippen MR) is 104 cm³/mol. The van der Waals surface area contributed by atoms with Gasteiger partial charge in [0, 0.05) is 19.7 Å². The summed E-state index contributed by atoms with van der Waals surface area (Å²) in [6.07, 6.45) is 2.01. The summed E-state index contributed by atoms with van der Waals surface area (Å²) in [5.74, 6) is -0.314. The Labute approximate surface area is 169 Å². The van der Waals surface area contributed by atoms with Crippen molar-refractivity contribution in [1.82, 2.24) is 25.2 Å². The van der Waals surface area contributed by atoms with E-state index in [1.54, 1.807) is 18.0 Å². The fraction of sp³-hybridized carbons (Fsp3) is 0.450. The molecule has 1 fully saturated rings. The summed E-state index contributed by atoms with van der Waals surface area (Å²) in [4.78, 5) is 26.5. The second-order valence-corrected chi connectivity index (χ2v) is 7.49. The molecule has 9 heteroatoms. The number of methoxy groups -OCH3 is 1. The summed E-state index contributed by atoms with van der Waals surface area (Å²) >= 11 is 0. The van der Waals surface area contributed by atoms with Crippen molar-refractivity contribution in [2.45, 2.75) is 44.8 Å². The van der Waals surface area contributed by atoms with Gasteiger partial charge in [0.25, 0.3) is 5.91 Å². The smallest absolute Gasteiger partial charge is 0.325 e. The number of imide groups is 1. The van der Waals surface area contributed by atoms with E-state index in [0.29, 0.717) is 18.8 Å². The molecular weight excluding hydrogens is 372 g/mol. The van der Waals surface area contributed by atoms with Crippen LogP contribution in [0.5, 0.6) is 0 Å². The first-order chi connectivity index (χ1) is 13.9. The van der Waals surface area contributed by atoms with Crippen LogP contribution in [0.1, 0.15) is 30.7 Å². The average molecular weight is 396 g/mol. The molecule has 3 amide bonds. The second-order valence-electron chi connectivity index (χ2n) is 7.49. The van der Waals surface area contributed by atoms with Crippen molar-refractivity contribution >= 4 is 11.9 Å². The zero-order chi connectivity index (χ0) is 21.0. The number of nitrogens with zero attached hydrogens (tertiary/aromatic N) is 5. The van der Waals surface area contributed by atoms with Crippen molar-refractivity contribution in [1.29, 1.82) is 5.26 Å². The molecule has 0 radical (unpaired) electrons. The van der Waals surface area contributed by atoms with Gasteiger partial charge in [0.2, 0.25) is 0 Å². The van der Waals surface area contributed by atoms with Gasteiger partial charge in [0.05, 0.1) is 36.9 Å². The Morgan fingerprint density at radius 2 is 2.07 bits per heavy atom. The van der Waals surface area contributed by atoms with Crippen LogP contribution in [0, 0.1) is 11.3 Å². The fourth-order valence-electron chi connectivity index (χ4n) is 3.30. The van der Waals surface area contributed by atoms with Crippen LogP contribution in [0.15, 0.2) is 30.5 Å². The Balaban J connectivity index is 1.72. The molecule has 1 N–H and O–H groups in total. The quantitative estimate of drug-likeness (QED) is 0.675. The first-order valence-electron chi connectivity index (χ1n) is 9.35. The fourth-order valence-corrected chi connectivity index (χ4v) is 3.30. The Bertz CT molecular complexity index is 946. The molecule has 1 aromatic heterocycles. The van der Waals surface area contributed by atoms with E-state index in [-0.39, 0.29) is 18.9 Å². The topological polar surface area (TPSA) is 113 Å². The Morgan fingerprint density at radius 1 is 1.31 bits per heavy atom. The normalized spacial score (nSPS) is 16.8. The Kier molecular flexibility index (Phi) is 5.94. The summed E-state index contributed by atoms with van der Waals surface area (Å²) in [7, 11) is 1.61. The molecule has 152 valence electrons. The number of amides is 3. The first kappa shape index (κ1) is 20.5. The molecule has 2 aromatic rings. The minimum atomic E-state index is -0.726. The molecule has 1 atom stereocenters. The summed E-state index contributed by atoms with van der Waals surface area (Å²) in [5, 5.41) is 20.2. The van der Waals surface area contributed by atoms with Crippen LogP contribution >= 0.6 is 0 Å². The van der Waals surface area contributed by atoms with Gasteiger partial charge in [0.15, 0.2) is 0 Å². The van der Waals surface area contributed by atoms with Crippen LogP contribution in [0.25, 0.3) is 0 Å². The highest BCUT2D eigenvalue weighted by atomic mass is 16.5. The Morgan fingerprint density at radius 3 is 2.79 bits per heavy atom. The molecule has 0 saturated carbocycles. The molecule has 9 nitrogen and oxygen atoms in total. The molecule has 1 saturated heterocycles. The molecule has 29 heavy (non-hydrogen) atoms. The Hall–Kier alpha value is -3.25. The summed E-state index contributed by atoms with van der Waals surface area (Å²) in [6, 6.07) is 8.51. The van der Waals surface area contributed by atoms with Crippen LogP contribution in [0.2, 0.25) is 0 Å². The molecule has 0 bridgehead atoms. The van der Waals surface area contributed by atoms with Crippen molar-refractivity contribution in [3.63, 3.8) is 0 Å². The monoisotopic (exact) mass is 396 g/mol. The number of ether oxygens (including phenoxy) is 1. The lowest BCUT2D eigenvalue weighted by atomic mass is 9.83. The second kappa shape index (κ2) is 8.41. The summed E-state index contributed by atoms with van der Waals surface area (Å²) in [6.45, 7) is 4.81. The van der Waals surface area contributed by atoms with E-state index in [4.69, 9.17) is 4.74 Å². The van der Waals surface area contributed by atoms with Crippen LogP contribution in [-0.4, -0.2) is 51.6 Å². The molecule has 1 aromatic carbocycles. The zero-order valence-corrected chi connectivity index (χ0v) is 16.8. The minimum absolute atomic E-state index is 0.114. The lowest BCUT2D eigenvalue weighted by Crippen LogP contribution is -2.33. The van der Waals surface area contributed by atoms with Crippen molar-refractivity contribution in [2.24, 2.45) is 0 Å². The van der Waals surface area contributed by atoms with Crippen LogP contribution in [-0.2, 0) is 34.5 Å². The number of hydrogen-bond acceptors (Lipinski definition) is 6. The number of carbonyl (C=O) groups excluding carboxylic acids is 2. The van der Waals surface area contributed by atoms with Crippen molar-refractivity contribution < 1.29 is 14.3 Å². The van der Waals surface area contributed by atoms with E-state index < -0.39 is 17.5 Å². The number of nitrogens with one attached hydrogen (secondary N) is 1. The molecule has 3 rings (SSSR count).